The first-order valence-corrected chi connectivity index (χ1v) is 9.85. The second-order valence-corrected chi connectivity index (χ2v) is 8.13. The molecule has 0 heterocycles. The lowest BCUT2D eigenvalue weighted by Gasteiger charge is -2.14. The summed E-state index contributed by atoms with van der Waals surface area (Å²) in [7, 11) is -3.67. The Kier molecular flexibility index (Phi) is 6.69. The standard InChI is InChI=1S/C17H18BrFN2O3S/c1-12(13-5-7-15(19)8-6-13)21-17(22)9-10-20-25(23,24)16-4-2-3-14(18)11-16/h2-8,11-12,20H,9-10H2,1H3,(H,21,22). The molecule has 1 amide bonds. The third-order valence-corrected chi connectivity index (χ3v) is 5.45. The Morgan fingerprint density at radius 1 is 1.20 bits per heavy atom. The van der Waals surface area contributed by atoms with E-state index in [-0.39, 0.29) is 35.6 Å². The Balaban J connectivity index is 1.84. The fourth-order valence-corrected chi connectivity index (χ4v) is 3.79. The van der Waals surface area contributed by atoms with Crippen LogP contribution in [0.1, 0.15) is 24.9 Å². The first-order chi connectivity index (χ1) is 11.8. The molecule has 0 aliphatic carbocycles. The summed E-state index contributed by atoms with van der Waals surface area (Å²) in [6, 6.07) is 11.8. The first-order valence-electron chi connectivity index (χ1n) is 7.58. The quantitative estimate of drug-likeness (QED) is 0.710. The number of sulfonamides is 1. The molecule has 2 aromatic rings. The molecular weight excluding hydrogens is 411 g/mol. The number of benzene rings is 2. The molecule has 0 saturated heterocycles. The molecule has 0 radical (unpaired) electrons. The highest BCUT2D eigenvalue weighted by Gasteiger charge is 2.15. The smallest absolute Gasteiger partial charge is 0.240 e. The molecule has 0 aliphatic rings. The fraction of sp³-hybridized carbons (Fsp3) is 0.235. The molecule has 134 valence electrons. The Morgan fingerprint density at radius 3 is 2.52 bits per heavy atom. The van der Waals surface area contributed by atoms with Gasteiger partial charge in [-0.2, -0.15) is 0 Å². The number of hydrogen-bond acceptors (Lipinski definition) is 3. The van der Waals surface area contributed by atoms with Crippen LogP contribution in [0.2, 0.25) is 0 Å². The Morgan fingerprint density at radius 2 is 1.88 bits per heavy atom. The van der Waals surface area contributed by atoms with Crippen molar-refractivity contribution in [3.63, 3.8) is 0 Å². The van der Waals surface area contributed by atoms with Crippen LogP contribution in [0.15, 0.2) is 57.9 Å². The van der Waals surface area contributed by atoms with Crippen LogP contribution in [0.4, 0.5) is 4.39 Å². The van der Waals surface area contributed by atoms with Crippen molar-refractivity contribution in [3.8, 4) is 0 Å². The molecule has 2 rings (SSSR count). The number of nitrogens with one attached hydrogen (secondary N) is 2. The van der Waals surface area contributed by atoms with E-state index < -0.39 is 10.0 Å². The van der Waals surface area contributed by atoms with Gasteiger partial charge in [-0.15, -0.1) is 0 Å². The minimum Gasteiger partial charge on any atom is -0.350 e. The molecule has 1 unspecified atom stereocenters. The van der Waals surface area contributed by atoms with Crippen molar-refractivity contribution in [2.75, 3.05) is 6.54 Å². The van der Waals surface area contributed by atoms with Gasteiger partial charge >= 0.3 is 0 Å². The van der Waals surface area contributed by atoms with Gasteiger partial charge in [-0.25, -0.2) is 17.5 Å². The summed E-state index contributed by atoms with van der Waals surface area (Å²) in [6.07, 6.45) is -0.00122. The number of rotatable bonds is 7. The van der Waals surface area contributed by atoms with Gasteiger partial charge < -0.3 is 5.32 Å². The van der Waals surface area contributed by atoms with E-state index in [4.69, 9.17) is 0 Å². The zero-order valence-electron chi connectivity index (χ0n) is 13.5. The predicted molar refractivity (Wildman–Crippen MR) is 96.9 cm³/mol. The normalized spacial score (nSPS) is 12.6. The number of carbonyl (C=O) groups excluding carboxylic acids is 1. The number of carbonyl (C=O) groups is 1. The fourth-order valence-electron chi connectivity index (χ4n) is 2.16. The summed E-state index contributed by atoms with van der Waals surface area (Å²) in [4.78, 5) is 12.1. The molecule has 25 heavy (non-hydrogen) atoms. The van der Waals surface area contributed by atoms with Gasteiger partial charge in [0.2, 0.25) is 15.9 Å². The van der Waals surface area contributed by atoms with E-state index in [9.17, 15) is 17.6 Å². The average molecular weight is 429 g/mol. The van der Waals surface area contributed by atoms with Gasteiger partial charge in [0.15, 0.2) is 0 Å². The summed E-state index contributed by atoms with van der Waals surface area (Å²) in [5.41, 5.74) is 0.768. The molecule has 8 heteroatoms. The minimum atomic E-state index is -3.67. The van der Waals surface area contributed by atoms with Crippen LogP contribution in [0.3, 0.4) is 0 Å². The summed E-state index contributed by atoms with van der Waals surface area (Å²) in [5, 5.41) is 2.75. The van der Waals surface area contributed by atoms with Crippen LogP contribution >= 0.6 is 15.9 Å². The lowest BCUT2D eigenvalue weighted by Crippen LogP contribution is -2.32. The number of amides is 1. The summed E-state index contributed by atoms with van der Waals surface area (Å²) >= 11 is 3.22. The molecule has 0 spiro atoms. The highest BCUT2D eigenvalue weighted by atomic mass is 79.9. The highest BCUT2D eigenvalue weighted by molar-refractivity contribution is 9.10. The van der Waals surface area contributed by atoms with Gasteiger partial charge in [-0.1, -0.05) is 34.1 Å². The van der Waals surface area contributed by atoms with Crippen molar-refractivity contribution >= 4 is 31.9 Å². The predicted octanol–water partition coefficient (Wildman–Crippen LogP) is 3.13. The lowest BCUT2D eigenvalue weighted by atomic mass is 10.1. The van der Waals surface area contributed by atoms with Crippen molar-refractivity contribution in [1.82, 2.24) is 10.0 Å². The van der Waals surface area contributed by atoms with Gasteiger partial charge in [-0.3, -0.25) is 4.79 Å². The van der Waals surface area contributed by atoms with Crippen LogP contribution in [0.5, 0.6) is 0 Å². The Labute approximate surface area is 154 Å². The zero-order valence-corrected chi connectivity index (χ0v) is 15.9. The van der Waals surface area contributed by atoms with Crippen LogP contribution < -0.4 is 10.0 Å². The van der Waals surface area contributed by atoms with Crippen molar-refractivity contribution in [1.29, 1.82) is 0 Å². The van der Waals surface area contributed by atoms with E-state index >= 15 is 0 Å². The van der Waals surface area contributed by atoms with Gasteiger partial charge in [0.1, 0.15) is 5.82 Å². The van der Waals surface area contributed by atoms with Crippen molar-refractivity contribution in [3.05, 3.63) is 64.4 Å². The molecule has 0 saturated carbocycles. The minimum absolute atomic E-state index is 0.00122. The summed E-state index contributed by atoms with van der Waals surface area (Å²) in [5.74, 6) is -0.641. The number of hydrogen-bond donors (Lipinski definition) is 2. The largest absolute Gasteiger partial charge is 0.350 e. The van der Waals surface area contributed by atoms with E-state index in [1.165, 1.54) is 24.3 Å². The maximum atomic E-state index is 12.9. The average Bonchev–Trinajstić information content (AvgIpc) is 2.55. The maximum absolute atomic E-state index is 12.9. The molecule has 0 aromatic heterocycles. The maximum Gasteiger partial charge on any atom is 0.240 e. The summed E-state index contributed by atoms with van der Waals surface area (Å²) in [6.45, 7) is 1.76. The second kappa shape index (κ2) is 8.55. The molecular formula is C17H18BrFN2O3S. The Hall–Kier alpha value is -1.77. The first kappa shape index (κ1) is 19.6. The highest BCUT2D eigenvalue weighted by Crippen LogP contribution is 2.16. The molecule has 0 bridgehead atoms. The van der Waals surface area contributed by atoms with E-state index in [1.807, 2.05) is 0 Å². The van der Waals surface area contributed by atoms with Crippen LogP contribution in [0.25, 0.3) is 0 Å². The van der Waals surface area contributed by atoms with E-state index in [0.29, 0.717) is 4.47 Å². The zero-order chi connectivity index (χ0) is 18.4. The molecule has 2 aromatic carbocycles. The third-order valence-electron chi connectivity index (χ3n) is 3.50. The van der Waals surface area contributed by atoms with Crippen molar-refractivity contribution < 1.29 is 17.6 Å². The van der Waals surface area contributed by atoms with Crippen LogP contribution in [0, 0.1) is 5.82 Å². The Bertz CT molecular complexity index is 841. The van der Waals surface area contributed by atoms with Crippen molar-refractivity contribution in [2.45, 2.75) is 24.3 Å². The van der Waals surface area contributed by atoms with Crippen LogP contribution in [-0.2, 0) is 14.8 Å². The summed E-state index contributed by atoms with van der Waals surface area (Å²) < 4.78 is 40.2. The topological polar surface area (TPSA) is 75.3 Å². The lowest BCUT2D eigenvalue weighted by molar-refractivity contribution is -0.121. The van der Waals surface area contributed by atoms with E-state index in [1.54, 1.807) is 31.2 Å². The van der Waals surface area contributed by atoms with E-state index in [2.05, 4.69) is 26.0 Å². The molecule has 0 fully saturated rings. The number of halogens is 2. The van der Waals surface area contributed by atoms with E-state index in [0.717, 1.165) is 5.56 Å². The van der Waals surface area contributed by atoms with Crippen LogP contribution in [-0.4, -0.2) is 20.9 Å². The van der Waals surface area contributed by atoms with Gasteiger partial charge in [0.25, 0.3) is 0 Å². The third kappa shape index (κ3) is 5.91. The van der Waals surface area contributed by atoms with Gasteiger partial charge in [0, 0.05) is 17.4 Å². The van der Waals surface area contributed by atoms with Crippen molar-refractivity contribution in [2.24, 2.45) is 0 Å². The SMILES string of the molecule is CC(NC(=O)CCNS(=O)(=O)c1cccc(Br)c1)c1ccc(F)cc1. The van der Waals surface area contributed by atoms with Gasteiger partial charge in [-0.05, 0) is 42.8 Å². The monoisotopic (exact) mass is 428 g/mol. The van der Waals surface area contributed by atoms with Gasteiger partial charge in [0.05, 0.1) is 10.9 Å². The molecule has 1 atom stereocenters. The molecule has 5 nitrogen and oxygen atoms in total. The molecule has 0 aliphatic heterocycles. The second-order valence-electron chi connectivity index (χ2n) is 5.45. The molecule has 2 N–H and O–H groups in total.